The molecule has 0 bridgehead atoms. The average Bonchev–Trinajstić information content (AvgIpc) is 2.94. The van der Waals surface area contributed by atoms with E-state index in [0.29, 0.717) is 25.3 Å². The second-order valence-electron chi connectivity index (χ2n) is 4.04. The quantitative estimate of drug-likeness (QED) is 0.619. The van der Waals surface area contributed by atoms with Gasteiger partial charge in [-0.05, 0) is 31.6 Å². The van der Waals surface area contributed by atoms with Gasteiger partial charge in [0.2, 0.25) is 5.91 Å². The first-order valence-electron chi connectivity index (χ1n) is 4.67. The number of rotatable bonds is 4. The molecule has 4 heteroatoms. The zero-order valence-corrected chi connectivity index (χ0v) is 7.38. The minimum absolute atomic E-state index is 0.285. The third-order valence-electron chi connectivity index (χ3n) is 2.84. The standard InChI is InChI=1S/C9H13NO3/c11-7(10-5-6-1-2-6)9(3-4-9)8(12)13/h6H,1-5H2,(H,10,11)(H,12,13). The third-order valence-corrected chi connectivity index (χ3v) is 2.84. The number of nitrogens with one attached hydrogen (secondary N) is 1. The molecule has 0 spiro atoms. The van der Waals surface area contributed by atoms with E-state index in [4.69, 9.17) is 5.11 Å². The van der Waals surface area contributed by atoms with Crippen molar-refractivity contribution in [3.8, 4) is 0 Å². The molecule has 0 heterocycles. The van der Waals surface area contributed by atoms with Crippen LogP contribution in [0.2, 0.25) is 0 Å². The summed E-state index contributed by atoms with van der Waals surface area (Å²) in [7, 11) is 0. The molecule has 2 aliphatic carbocycles. The summed E-state index contributed by atoms with van der Waals surface area (Å²) in [5, 5.41) is 11.5. The molecule has 2 saturated carbocycles. The van der Waals surface area contributed by atoms with Gasteiger partial charge in [0.15, 0.2) is 0 Å². The lowest BCUT2D eigenvalue weighted by atomic mass is 10.1. The first kappa shape index (κ1) is 8.53. The van der Waals surface area contributed by atoms with Crippen LogP contribution in [0.3, 0.4) is 0 Å². The lowest BCUT2D eigenvalue weighted by Crippen LogP contribution is -2.37. The van der Waals surface area contributed by atoms with E-state index in [9.17, 15) is 9.59 Å². The maximum atomic E-state index is 11.4. The number of hydrogen-bond acceptors (Lipinski definition) is 2. The Morgan fingerprint density at radius 2 is 2.00 bits per heavy atom. The van der Waals surface area contributed by atoms with Gasteiger partial charge in [-0.2, -0.15) is 0 Å². The minimum atomic E-state index is -1.06. The highest BCUT2D eigenvalue weighted by atomic mass is 16.4. The van der Waals surface area contributed by atoms with Crippen LogP contribution < -0.4 is 5.32 Å². The summed E-state index contributed by atoms with van der Waals surface area (Å²) in [6.45, 7) is 0.661. The molecule has 4 nitrogen and oxygen atoms in total. The molecule has 0 aromatic rings. The van der Waals surface area contributed by atoms with Gasteiger partial charge in [-0.15, -0.1) is 0 Å². The highest BCUT2D eigenvalue weighted by Crippen LogP contribution is 2.46. The lowest BCUT2D eigenvalue weighted by Gasteiger charge is -2.09. The van der Waals surface area contributed by atoms with Crippen LogP contribution in [0.15, 0.2) is 0 Å². The molecule has 13 heavy (non-hydrogen) atoms. The van der Waals surface area contributed by atoms with Gasteiger partial charge in [0, 0.05) is 6.54 Å². The van der Waals surface area contributed by atoms with Crippen molar-refractivity contribution in [3.63, 3.8) is 0 Å². The van der Waals surface area contributed by atoms with Crippen LogP contribution in [0.5, 0.6) is 0 Å². The smallest absolute Gasteiger partial charge is 0.319 e. The average molecular weight is 183 g/mol. The summed E-state index contributed by atoms with van der Waals surface area (Å²) in [4.78, 5) is 22.1. The molecule has 0 aliphatic heterocycles. The van der Waals surface area contributed by atoms with Crippen molar-refractivity contribution >= 4 is 11.9 Å². The topological polar surface area (TPSA) is 66.4 Å². The maximum Gasteiger partial charge on any atom is 0.319 e. The van der Waals surface area contributed by atoms with Crippen LogP contribution in [0.25, 0.3) is 0 Å². The Morgan fingerprint density at radius 3 is 2.38 bits per heavy atom. The number of carboxylic acid groups (broad SMARTS) is 1. The van der Waals surface area contributed by atoms with Crippen LogP contribution in [-0.2, 0) is 9.59 Å². The van der Waals surface area contributed by atoms with Crippen molar-refractivity contribution in [2.75, 3.05) is 6.54 Å². The van der Waals surface area contributed by atoms with Crippen molar-refractivity contribution in [3.05, 3.63) is 0 Å². The molecule has 0 aromatic heterocycles. The van der Waals surface area contributed by atoms with Gasteiger partial charge in [0.25, 0.3) is 0 Å². The van der Waals surface area contributed by atoms with Crippen LogP contribution in [-0.4, -0.2) is 23.5 Å². The van der Waals surface area contributed by atoms with Crippen LogP contribution >= 0.6 is 0 Å². The zero-order valence-electron chi connectivity index (χ0n) is 7.38. The Bertz CT molecular complexity index is 254. The molecule has 2 fully saturated rings. The molecule has 0 atom stereocenters. The monoisotopic (exact) mass is 183 g/mol. The Balaban J connectivity index is 1.84. The van der Waals surface area contributed by atoms with Gasteiger partial charge in [0.05, 0.1) is 0 Å². The largest absolute Gasteiger partial charge is 0.480 e. The Kier molecular flexibility index (Phi) is 1.78. The second-order valence-corrected chi connectivity index (χ2v) is 4.04. The molecule has 2 N–H and O–H groups in total. The molecule has 72 valence electrons. The first-order chi connectivity index (χ1) is 6.15. The predicted octanol–water partition coefficient (Wildman–Crippen LogP) is 0.377. The van der Waals surface area contributed by atoms with Crippen LogP contribution in [0.4, 0.5) is 0 Å². The van der Waals surface area contributed by atoms with E-state index in [-0.39, 0.29) is 5.91 Å². The third kappa shape index (κ3) is 1.53. The fraction of sp³-hybridized carbons (Fsp3) is 0.778. The summed E-state index contributed by atoms with van der Waals surface area (Å²) in [5.41, 5.74) is -1.06. The Morgan fingerprint density at radius 1 is 1.38 bits per heavy atom. The summed E-state index contributed by atoms with van der Waals surface area (Å²) >= 11 is 0. The van der Waals surface area contributed by atoms with Gasteiger partial charge in [-0.25, -0.2) is 0 Å². The van der Waals surface area contributed by atoms with Crippen molar-refractivity contribution in [1.29, 1.82) is 0 Å². The second kappa shape index (κ2) is 2.72. The van der Waals surface area contributed by atoms with Crippen molar-refractivity contribution < 1.29 is 14.7 Å². The molecule has 2 rings (SSSR count). The number of aliphatic carboxylic acids is 1. The highest BCUT2D eigenvalue weighted by molar-refractivity contribution is 6.04. The lowest BCUT2D eigenvalue weighted by molar-refractivity contribution is -0.149. The van der Waals surface area contributed by atoms with E-state index in [1.807, 2.05) is 0 Å². The maximum absolute atomic E-state index is 11.4. The molecule has 1 amide bonds. The van der Waals surface area contributed by atoms with E-state index < -0.39 is 11.4 Å². The predicted molar refractivity (Wildman–Crippen MR) is 45.0 cm³/mol. The molecule has 0 aromatic carbocycles. The summed E-state index contributed by atoms with van der Waals surface area (Å²) in [6, 6.07) is 0. The number of carbonyl (C=O) groups is 2. The van der Waals surface area contributed by atoms with Crippen molar-refractivity contribution in [2.45, 2.75) is 25.7 Å². The normalized spacial score (nSPS) is 23.7. The first-order valence-corrected chi connectivity index (χ1v) is 4.67. The molecular formula is C9H13NO3. The number of hydrogen-bond donors (Lipinski definition) is 2. The molecule has 0 unspecified atom stereocenters. The van der Waals surface area contributed by atoms with E-state index in [1.54, 1.807) is 0 Å². The molecule has 2 aliphatic rings. The van der Waals surface area contributed by atoms with Crippen LogP contribution in [0, 0.1) is 11.3 Å². The van der Waals surface area contributed by atoms with Crippen molar-refractivity contribution in [2.24, 2.45) is 11.3 Å². The SMILES string of the molecule is O=C(O)C1(C(=O)NCC2CC2)CC1. The number of carbonyl (C=O) groups excluding carboxylic acids is 1. The zero-order chi connectivity index (χ0) is 9.47. The van der Waals surface area contributed by atoms with Gasteiger partial charge in [-0.1, -0.05) is 0 Å². The van der Waals surface area contributed by atoms with E-state index in [1.165, 1.54) is 12.8 Å². The summed E-state index contributed by atoms with van der Waals surface area (Å²) in [6.07, 6.45) is 3.33. The Labute approximate surface area is 76.3 Å². The molecule has 0 radical (unpaired) electrons. The fourth-order valence-electron chi connectivity index (χ4n) is 1.39. The fourth-order valence-corrected chi connectivity index (χ4v) is 1.39. The molecule has 0 saturated heterocycles. The van der Waals surface area contributed by atoms with Crippen LogP contribution in [0.1, 0.15) is 25.7 Å². The van der Waals surface area contributed by atoms with Gasteiger partial charge in [0.1, 0.15) is 5.41 Å². The number of amides is 1. The van der Waals surface area contributed by atoms with Gasteiger partial charge < -0.3 is 10.4 Å². The Hall–Kier alpha value is -1.06. The summed E-state index contributed by atoms with van der Waals surface area (Å²) in [5.74, 6) is -0.652. The van der Waals surface area contributed by atoms with Gasteiger partial charge >= 0.3 is 5.97 Å². The molecular weight excluding hydrogens is 170 g/mol. The minimum Gasteiger partial charge on any atom is -0.480 e. The highest BCUT2D eigenvalue weighted by Gasteiger charge is 2.57. The van der Waals surface area contributed by atoms with Gasteiger partial charge in [-0.3, -0.25) is 9.59 Å². The van der Waals surface area contributed by atoms with Crippen molar-refractivity contribution in [1.82, 2.24) is 5.32 Å². The number of carboxylic acids is 1. The van der Waals surface area contributed by atoms with E-state index in [2.05, 4.69) is 5.32 Å². The summed E-state index contributed by atoms with van der Waals surface area (Å²) < 4.78 is 0. The van der Waals surface area contributed by atoms with E-state index >= 15 is 0 Å². The van der Waals surface area contributed by atoms with E-state index in [0.717, 1.165) is 0 Å².